The van der Waals surface area contributed by atoms with Crippen molar-refractivity contribution >= 4 is 40.9 Å². The molecular weight excluding hydrogens is 458 g/mol. The van der Waals surface area contributed by atoms with E-state index in [2.05, 4.69) is 10.6 Å². The fourth-order valence-corrected chi connectivity index (χ4v) is 5.24. The van der Waals surface area contributed by atoms with Crippen LogP contribution in [-0.4, -0.2) is 29.0 Å². The van der Waals surface area contributed by atoms with Crippen molar-refractivity contribution in [3.05, 3.63) is 95.1 Å². The van der Waals surface area contributed by atoms with E-state index in [1.807, 2.05) is 68.4 Å². The summed E-state index contributed by atoms with van der Waals surface area (Å²) in [5.74, 6) is -0.324. The van der Waals surface area contributed by atoms with Crippen LogP contribution in [0.25, 0.3) is 0 Å². The molecule has 1 atom stereocenters. The predicted octanol–water partition coefficient (Wildman–Crippen LogP) is 5.23. The van der Waals surface area contributed by atoms with Gasteiger partial charge in [0.1, 0.15) is 10.9 Å². The van der Waals surface area contributed by atoms with Gasteiger partial charge >= 0.3 is 0 Å². The largest absolute Gasteiger partial charge is 0.338 e. The number of hydrogen-bond donors (Lipinski definition) is 2. The zero-order valence-corrected chi connectivity index (χ0v) is 21.1. The van der Waals surface area contributed by atoms with E-state index in [1.54, 1.807) is 48.7 Å². The summed E-state index contributed by atoms with van der Waals surface area (Å²) in [5.41, 5.74) is 3.56. The van der Waals surface area contributed by atoms with Gasteiger partial charge in [0, 0.05) is 16.9 Å². The van der Waals surface area contributed by atoms with Crippen molar-refractivity contribution in [2.75, 3.05) is 16.0 Å². The Morgan fingerprint density at radius 3 is 2.29 bits per heavy atom. The molecule has 4 rings (SSSR count). The fraction of sp³-hybridized carbons (Fsp3) is 0.250. The smallest absolute Gasteiger partial charge is 0.252 e. The van der Waals surface area contributed by atoms with E-state index in [-0.39, 0.29) is 23.1 Å². The maximum absolute atomic E-state index is 13.2. The van der Waals surface area contributed by atoms with Crippen LogP contribution in [0.15, 0.2) is 72.8 Å². The molecule has 1 unspecified atom stereocenters. The summed E-state index contributed by atoms with van der Waals surface area (Å²) >= 11 is 1.56. The van der Waals surface area contributed by atoms with Gasteiger partial charge in [-0.1, -0.05) is 54.6 Å². The summed E-state index contributed by atoms with van der Waals surface area (Å²) in [5, 5.41) is 5.64. The second-order valence-electron chi connectivity index (χ2n) is 9.19. The quantitative estimate of drug-likeness (QED) is 0.499. The second kappa shape index (κ2) is 9.96. The standard InChI is InChI=1S/C28H29N3O3S/c1-18-10-8-11-19(2)24(18)29-27(34)28(3,4)30-25(33)21-14-9-15-22(16-21)31-23(32)17-35-26(31)20-12-6-5-7-13-20/h5-16,26H,17H2,1-4H3,(H,29,34)(H,30,33). The van der Waals surface area contributed by atoms with Gasteiger partial charge in [-0.05, 0) is 62.6 Å². The van der Waals surface area contributed by atoms with E-state index < -0.39 is 5.54 Å². The Morgan fingerprint density at radius 1 is 0.943 bits per heavy atom. The van der Waals surface area contributed by atoms with Crippen LogP contribution in [0, 0.1) is 13.8 Å². The van der Waals surface area contributed by atoms with Gasteiger partial charge in [-0.3, -0.25) is 19.3 Å². The van der Waals surface area contributed by atoms with Crippen LogP contribution >= 0.6 is 11.8 Å². The first-order valence-electron chi connectivity index (χ1n) is 11.5. The molecule has 3 aromatic rings. The average Bonchev–Trinajstić information content (AvgIpc) is 3.23. The first-order valence-corrected chi connectivity index (χ1v) is 12.5. The highest BCUT2D eigenvalue weighted by atomic mass is 32.2. The molecule has 0 saturated carbocycles. The number of nitrogens with zero attached hydrogens (tertiary/aromatic N) is 1. The molecule has 0 radical (unpaired) electrons. The van der Waals surface area contributed by atoms with Gasteiger partial charge in [0.25, 0.3) is 5.91 Å². The van der Waals surface area contributed by atoms with E-state index >= 15 is 0 Å². The first kappa shape index (κ1) is 24.5. The summed E-state index contributed by atoms with van der Waals surface area (Å²) < 4.78 is 0. The van der Waals surface area contributed by atoms with Gasteiger partial charge in [0.15, 0.2) is 0 Å². The van der Waals surface area contributed by atoms with Crippen molar-refractivity contribution in [1.82, 2.24) is 5.32 Å². The van der Waals surface area contributed by atoms with Crippen LogP contribution < -0.4 is 15.5 Å². The second-order valence-corrected chi connectivity index (χ2v) is 10.3. The van der Waals surface area contributed by atoms with Gasteiger partial charge in [0.05, 0.1) is 5.75 Å². The molecular formula is C28H29N3O3S. The number of rotatable bonds is 6. The van der Waals surface area contributed by atoms with E-state index in [9.17, 15) is 14.4 Å². The van der Waals surface area contributed by atoms with Crippen LogP contribution in [0.1, 0.15) is 46.3 Å². The van der Waals surface area contributed by atoms with E-state index in [4.69, 9.17) is 0 Å². The third-order valence-corrected chi connectivity index (χ3v) is 7.26. The molecule has 1 saturated heterocycles. The molecule has 2 N–H and O–H groups in total. The maximum Gasteiger partial charge on any atom is 0.252 e. The van der Waals surface area contributed by atoms with Crippen LogP contribution in [0.5, 0.6) is 0 Å². The van der Waals surface area contributed by atoms with Gasteiger partial charge in [0.2, 0.25) is 11.8 Å². The summed E-state index contributed by atoms with van der Waals surface area (Å²) in [6, 6.07) is 22.6. The topological polar surface area (TPSA) is 78.5 Å². The van der Waals surface area contributed by atoms with Crippen LogP contribution in [0.4, 0.5) is 11.4 Å². The minimum atomic E-state index is -1.16. The molecule has 1 aliphatic rings. The molecule has 0 aromatic heterocycles. The Bertz CT molecular complexity index is 1250. The highest BCUT2D eigenvalue weighted by Gasteiger charge is 2.35. The number of carbonyl (C=O) groups is 3. The van der Waals surface area contributed by atoms with Crippen molar-refractivity contribution < 1.29 is 14.4 Å². The van der Waals surface area contributed by atoms with Crippen LogP contribution in [-0.2, 0) is 9.59 Å². The van der Waals surface area contributed by atoms with Crippen molar-refractivity contribution in [3.63, 3.8) is 0 Å². The van der Waals surface area contributed by atoms with Gasteiger partial charge in [-0.15, -0.1) is 11.8 Å². The molecule has 0 bridgehead atoms. The normalized spacial score (nSPS) is 15.7. The lowest BCUT2D eigenvalue weighted by molar-refractivity contribution is -0.121. The Morgan fingerprint density at radius 2 is 1.60 bits per heavy atom. The van der Waals surface area contributed by atoms with Crippen molar-refractivity contribution in [3.8, 4) is 0 Å². The molecule has 1 aliphatic heterocycles. The molecule has 3 aromatic carbocycles. The number of para-hydroxylation sites is 1. The average molecular weight is 488 g/mol. The lowest BCUT2D eigenvalue weighted by atomic mass is 10.0. The van der Waals surface area contributed by atoms with E-state index in [0.29, 0.717) is 17.0 Å². The van der Waals surface area contributed by atoms with Gasteiger partial charge in [-0.2, -0.15) is 0 Å². The maximum atomic E-state index is 13.2. The minimum absolute atomic E-state index is 0.00489. The number of thioether (sulfide) groups is 1. The van der Waals surface area contributed by atoms with Gasteiger partial charge < -0.3 is 10.6 Å². The predicted molar refractivity (Wildman–Crippen MR) is 142 cm³/mol. The van der Waals surface area contributed by atoms with Gasteiger partial charge in [-0.25, -0.2) is 0 Å². The summed E-state index contributed by atoms with van der Waals surface area (Å²) in [4.78, 5) is 40.7. The van der Waals surface area contributed by atoms with Crippen molar-refractivity contribution in [2.45, 2.75) is 38.6 Å². The Kier molecular flexibility index (Phi) is 6.98. The SMILES string of the molecule is Cc1cccc(C)c1NC(=O)C(C)(C)NC(=O)c1cccc(N2C(=O)CSC2c2ccccc2)c1. The summed E-state index contributed by atoms with van der Waals surface area (Å²) in [6.07, 6.45) is 0. The number of amides is 3. The zero-order chi connectivity index (χ0) is 25.2. The number of benzene rings is 3. The number of aryl methyl sites for hydroxylation is 2. The van der Waals surface area contributed by atoms with E-state index in [0.717, 1.165) is 22.4 Å². The molecule has 35 heavy (non-hydrogen) atoms. The third-order valence-electron chi connectivity index (χ3n) is 6.05. The summed E-state index contributed by atoms with van der Waals surface area (Å²) in [6.45, 7) is 7.20. The molecule has 3 amide bonds. The molecule has 7 heteroatoms. The van der Waals surface area contributed by atoms with Crippen molar-refractivity contribution in [2.24, 2.45) is 0 Å². The number of hydrogen-bond acceptors (Lipinski definition) is 4. The monoisotopic (exact) mass is 487 g/mol. The zero-order valence-electron chi connectivity index (χ0n) is 20.3. The molecule has 0 spiro atoms. The number of anilines is 2. The molecule has 6 nitrogen and oxygen atoms in total. The Hall–Kier alpha value is -3.58. The Labute approximate surface area is 210 Å². The minimum Gasteiger partial charge on any atom is -0.338 e. The fourth-order valence-electron chi connectivity index (χ4n) is 4.06. The summed E-state index contributed by atoms with van der Waals surface area (Å²) in [7, 11) is 0. The highest BCUT2D eigenvalue weighted by molar-refractivity contribution is 8.00. The lowest BCUT2D eigenvalue weighted by Crippen LogP contribution is -2.52. The Balaban J connectivity index is 1.52. The molecule has 180 valence electrons. The molecule has 0 aliphatic carbocycles. The highest BCUT2D eigenvalue weighted by Crippen LogP contribution is 2.41. The molecule has 1 fully saturated rings. The number of nitrogens with one attached hydrogen (secondary N) is 2. The lowest BCUT2D eigenvalue weighted by Gasteiger charge is -2.27. The molecule has 1 heterocycles. The first-order chi connectivity index (χ1) is 16.7. The van der Waals surface area contributed by atoms with E-state index in [1.165, 1.54) is 0 Å². The third kappa shape index (κ3) is 5.25. The van der Waals surface area contributed by atoms with Crippen molar-refractivity contribution in [1.29, 1.82) is 0 Å². The van der Waals surface area contributed by atoms with Crippen LogP contribution in [0.3, 0.4) is 0 Å². The number of carbonyl (C=O) groups excluding carboxylic acids is 3. The van der Waals surface area contributed by atoms with Crippen LogP contribution in [0.2, 0.25) is 0 Å².